The molecule has 0 unspecified atom stereocenters. The van der Waals surface area contributed by atoms with Gasteiger partial charge in [-0.25, -0.2) is 4.79 Å². The lowest BCUT2D eigenvalue weighted by molar-refractivity contribution is -0.384. The maximum Gasteiger partial charge on any atom is 0.321 e. The van der Waals surface area contributed by atoms with Crippen LogP contribution in [0.5, 0.6) is 0 Å². The molecule has 2 N–H and O–H groups in total. The number of nitrogens with zero attached hydrogens (tertiary/aromatic N) is 2. The second kappa shape index (κ2) is 6.95. The molecule has 124 valence electrons. The molecule has 0 atom stereocenters. The van der Waals surface area contributed by atoms with E-state index in [-0.39, 0.29) is 11.7 Å². The summed E-state index contributed by atoms with van der Waals surface area (Å²) in [6.45, 7) is 2.59. The Hall–Kier alpha value is -2.15. The number of piperidine rings is 1. The van der Waals surface area contributed by atoms with Crippen LogP contribution in [0.4, 0.5) is 16.2 Å². The summed E-state index contributed by atoms with van der Waals surface area (Å²) >= 11 is 0. The van der Waals surface area contributed by atoms with Gasteiger partial charge in [0.05, 0.1) is 4.92 Å². The number of benzene rings is 1. The minimum absolute atomic E-state index is 0.0190. The number of rotatable bonds is 5. The molecule has 0 aromatic heterocycles. The lowest BCUT2D eigenvalue weighted by atomic mass is 10.1. The van der Waals surface area contributed by atoms with Gasteiger partial charge in [0.1, 0.15) is 0 Å². The SMILES string of the molecule is O=C(Nc1ccc([N+](=O)[O-])cc1)N1CCC(NCC2CC2)CC1. The molecule has 7 nitrogen and oxygen atoms in total. The van der Waals surface area contributed by atoms with E-state index in [1.807, 2.05) is 0 Å². The van der Waals surface area contributed by atoms with E-state index in [1.54, 1.807) is 17.0 Å². The summed E-state index contributed by atoms with van der Waals surface area (Å²) in [5.41, 5.74) is 0.597. The molecule has 1 aromatic carbocycles. The first-order chi connectivity index (χ1) is 11.1. The lowest BCUT2D eigenvalue weighted by Gasteiger charge is -2.32. The molecular weight excluding hydrogens is 296 g/mol. The van der Waals surface area contributed by atoms with Gasteiger partial charge in [-0.2, -0.15) is 0 Å². The first-order valence-electron chi connectivity index (χ1n) is 8.15. The second-order valence-electron chi connectivity index (χ2n) is 6.35. The monoisotopic (exact) mass is 318 g/mol. The Kier molecular flexibility index (Phi) is 4.76. The Labute approximate surface area is 135 Å². The Bertz CT molecular complexity index is 563. The Balaban J connectivity index is 1.44. The van der Waals surface area contributed by atoms with E-state index < -0.39 is 4.92 Å². The highest BCUT2D eigenvalue weighted by Gasteiger charge is 2.26. The zero-order chi connectivity index (χ0) is 16.2. The lowest BCUT2D eigenvalue weighted by Crippen LogP contribution is -2.46. The third-order valence-corrected chi connectivity index (χ3v) is 4.50. The Morgan fingerprint density at radius 3 is 2.39 bits per heavy atom. The normalized spacial score (nSPS) is 18.7. The van der Waals surface area contributed by atoms with Crippen molar-refractivity contribution in [2.45, 2.75) is 31.7 Å². The number of nitrogens with one attached hydrogen (secondary N) is 2. The van der Waals surface area contributed by atoms with Gasteiger partial charge in [0.2, 0.25) is 0 Å². The van der Waals surface area contributed by atoms with Crippen LogP contribution >= 0.6 is 0 Å². The van der Waals surface area contributed by atoms with E-state index in [0.29, 0.717) is 11.7 Å². The second-order valence-corrected chi connectivity index (χ2v) is 6.35. The highest BCUT2D eigenvalue weighted by molar-refractivity contribution is 5.89. The smallest absolute Gasteiger partial charge is 0.321 e. The van der Waals surface area contributed by atoms with E-state index in [0.717, 1.165) is 38.4 Å². The van der Waals surface area contributed by atoms with Gasteiger partial charge in [-0.15, -0.1) is 0 Å². The van der Waals surface area contributed by atoms with Gasteiger partial charge in [-0.3, -0.25) is 10.1 Å². The maximum absolute atomic E-state index is 12.2. The van der Waals surface area contributed by atoms with E-state index in [9.17, 15) is 14.9 Å². The molecule has 1 saturated carbocycles. The van der Waals surface area contributed by atoms with E-state index in [4.69, 9.17) is 0 Å². The number of carbonyl (C=O) groups is 1. The van der Waals surface area contributed by atoms with Gasteiger partial charge in [0, 0.05) is 37.0 Å². The molecule has 0 bridgehead atoms. The van der Waals surface area contributed by atoms with Crippen molar-refractivity contribution < 1.29 is 9.72 Å². The van der Waals surface area contributed by atoms with Crippen LogP contribution in [0.15, 0.2) is 24.3 Å². The molecule has 1 aliphatic carbocycles. The van der Waals surface area contributed by atoms with E-state index in [2.05, 4.69) is 10.6 Å². The van der Waals surface area contributed by atoms with Gasteiger partial charge < -0.3 is 15.5 Å². The molecular formula is C16H22N4O3. The Morgan fingerprint density at radius 1 is 1.17 bits per heavy atom. The molecule has 0 spiro atoms. The van der Waals surface area contributed by atoms with Crippen LogP contribution < -0.4 is 10.6 Å². The van der Waals surface area contributed by atoms with Crippen LogP contribution in [0.25, 0.3) is 0 Å². The minimum Gasteiger partial charge on any atom is -0.324 e. The fourth-order valence-corrected chi connectivity index (χ4v) is 2.81. The molecule has 1 heterocycles. The Morgan fingerprint density at radius 2 is 1.83 bits per heavy atom. The summed E-state index contributed by atoms with van der Waals surface area (Å²) in [6.07, 6.45) is 4.65. The first kappa shape index (κ1) is 15.7. The summed E-state index contributed by atoms with van der Waals surface area (Å²) in [5.74, 6) is 0.874. The van der Waals surface area contributed by atoms with Crippen LogP contribution in [0, 0.1) is 16.0 Å². The maximum atomic E-state index is 12.2. The predicted octanol–water partition coefficient (Wildman–Crippen LogP) is 2.59. The van der Waals surface area contributed by atoms with Crippen molar-refractivity contribution in [3.8, 4) is 0 Å². The average Bonchev–Trinajstić information content (AvgIpc) is 3.38. The molecule has 3 rings (SSSR count). The number of amides is 2. The van der Waals surface area contributed by atoms with Crippen molar-refractivity contribution in [1.82, 2.24) is 10.2 Å². The van der Waals surface area contributed by atoms with E-state index >= 15 is 0 Å². The van der Waals surface area contributed by atoms with Crippen LogP contribution in [-0.2, 0) is 0 Å². The van der Waals surface area contributed by atoms with Crippen LogP contribution in [-0.4, -0.2) is 41.5 Å². The molecule has 1 saturated heterocycles. The number of nitro benzene ring substituents is 1. The molecule has 1 aliphatic heterocycles. The van der Waals surface area contributed by atoms with Gasteiger partial charge in [-0.05, 0) is 50.3 Å². The predicted molar refractivity (Wildman–Crippen MR) is 87.4 cm³/mol. The zero-order valence-corrected chi connectivity index (χ0v) is 13.0. The van der Waals surface area contributed by atoms with Gasteiger partial charge in [0.25, 0.3) is 5.69 Å². The minimum atomic E-state index is -0.453. The average molecular weight is 318 g/mol. The van der Waals surface area contributed by atoms with Gasteiger partial charge >= 0.3 is 6.03 Å². The number of hydrogen-bond acceptors (Lipinski definition) is 4. The largest absolute Gasteiger partial charge is 0.324 e. The highest BCUT2D eigenvalue weighted by Crippen LogP contribution is 2.28. The van der Waals surface area contributed by atoms with Crippen molar-refractivity contribution >= 4 is 17.4 Å². The molecule has 23 heavy (non-hydrogen) atoms. The summed E-state index contributed by atoms with van der Waals surface area (Å²) in [5, 5.41) is 17.0. The molecule has 2 aliphatic rings. The summed E-state index contributed by atoms with van der Waals surface area (Å²) in [7, 11) is 0. The van der Waals surface area contributed by atoms with Crippen molar-refractivity contribution in [3.05, 3.63) is 34.4 Å². The van der Waals surface area contributed by atoms with Gasteiger partial charge in [0.15, 0.2) is 0 Å². The van der Waals surface area contributed by atoms with Gasteiger partial charge in [-0.1, -0.05) is 0 Å². The number of anilines is 1. The van der Waals surface area contributed by atoms with Crippen LogP contribution in [0.2, 0.25) is 0 Å². The fraction of sp³-hybridized carbons (Fsp3) is 0.562. The van der Waals surface area contributed by atoms with Crippen LogP contribution in [0.3, 0.4) is 0 Å². The molecule has 1 aromatic rings. The third-order valence-electron chi connectivity index (χ3n) is 4.50. The number of urea groups is 1. The molecule has 2 fully saturated rings. The molecule has 2 amide bonds. The standard InChI is InChI=1S/C16H22N4O3/c21-16(18-14-3-5-15(6-4-14)20(22)23)19-9-7-13(8-10-19)17-11-12-1-2-12/h3-6,12-13,17H,1-2,7-11H2,(H,18,21). The van der Waals surface area contributed by atoms with Crippen molar-refractivity contribution in [3.63, 3.8) is 0 Å². The quantitative estimate of drug-likeness (QED) is 0.645. The van der Waals surface area contributed by atoms with E-state index in [1.165, 1.54) is 25.0 Å². The summed E-state index contributed by atoms with van der Waals surface area (Å²) in [6, 6.07) is 6.27. The number of nitro groups is 1. The first-order valence-corrected chi connectivity index (χ1v) is 8.15. The summed E-state index contributed by atoms with van der Waals surface area (Å²) in [4.78, 5) is 24.2. The number of likely N-dealkylation sites (tertiary alicyclic amines) is 1. The summed E-state index contributed by atoms with van der Waals surface area (Å²) < 4.78 is 0. The number of non-ortho nitro benzene ring substituents is 1. The number of carbonyl (C=O) groups excluding carboxylic acids is 1. The number of hydrogen-bond donors (Lipinski definition) is 2. The van der Waals surface area contributed by atoms with Crippen molar-refractivity contribution in [2.24, 2.45) is 5.92 Å². The topological polar surface area (TPSA) is 87.5 Å². The van der Waals surface area contributed by atoms with Crippen molar-refractivity contribution in [2.75, 3.05) is 25.0 Å². The van der Waals surface area contributed by atoms with Crippen molar-refractivity contribution in [1.29, 1.82) is 0 Å². The highest BCUT2D eigenvalue weighted by atomic mass is 16.6. The third kappa shape index (κ3) is 4.41. The van der Waals surface area contributed by atoms with Crippen LogP contribution in [0.1, 0.15) is 25.7 Å². The fourth-order valence-electron chi connectivity index (χ4n) is 2.81. The molecule has 7 heteroatoms. The molecule has 0 radical (unpaired) electrons. The zero-order valence-electron chi connectivity index (χ0n) is 13.0.